The van der Waals surface area contributed by atoms with E-state index in [1.165, 1.54) is 6.20 Å². The summed E-state index contributed by atoms with van der Waals surface area (Å²) in [4.78, 5) is 39.7. The highest BCUT2D eigenvalue weighted by Gasteiger charge is 2.27. The van der Waals surface area contributed by atoms with Crippen LogP contribution in [0.2, 0.25) is 0 Å². The van der Waals surface area contributed by atoms with Crippen molar-refractivity contribution < 1.29 is 23.9 Å². The van der Waals surface area contributed by atoms with Crippen LogP contribution in [0.5, 0.6) is 0 Å². The normalized spacial score (nSPS) is 12.0. The third-order valence-corrected chi connectivity index (χ3v) is 2.60. The molecule has 0 fully saturated rings. The molecule has 0 radical (unpaired) electrons. The molecule has 1 aromatic heterocycles. The van der Waals surface area contributed by atoms with E-state index in [2.05, 4.69) is 15.6 Å². The first-order valence-electron chi connectivity index (χ1n) is 7.57. The number of ether oxygens (including phenoxy) is 2. The van der Waals surface area contributed by atoms with Crippen LogP contribution in [0.3, 0.4) is 0 Å². The second kappa shape index (κ2) is 8.85. The van der Waals surface area contributed by atoms with Gasteiger partial charge < -0.3 is 20.1 Å². The zero-order chi connectivity index (χ0) is 18.2. The van der Waals surface area contributed by atoms with Gasteiger partial charge >= 0.3 is 12.1 Å². The molecule has 132 valence electrons. The minimum Gasteiger partial charge on any atom is -0.464 e. The van der Waals surface area contributed by atoms with Gasteiger partial charge in [0, 0.05) is 6.20 Å². The number of hydrogen-bond acceptors (Lipinski definition) is 6. The van der Waals surface area contributed by atoms with E-state index in [1.54, 1.807) is 46.0 Å². The highest BCUT2D eigenvalue weighted by atomic mass is 16.6. The van der Waals surface area contributed by atoms with E-state index < -0.39 is 29.6 Å². The number of amides is 2. The van der Waals surface area contributed by atoms with Gasteiger partial charge in [-0.15, -0.1) is 0 Å². The molecule has 0 bridgehead atoms. The first-order chi connectivity index (χ1) is 11.2. The molecule has 1 heterocycles. The molecule has 0 unspecified atom stereocenters. The molecule has 0 saturated carbocycles. The minimum atomic E-state index is -1.14. The predicted octanol–water partition coefficient (Wildman–Crippen LogP) is 1.87. The number of hydrogen-bond donors (Lipinski definition) is 2. The minimum absolute atomic E-state index is 0.134. The smallest absolute Gasteiger partial charge is 0.408 e. The Morgan fingerprint density at radius 2 is 2.00 bits per heavy atom. The molecule has 2 amide bonds. The van der Waals surface area contributed by atoms with E-state index in [0.717, 1.165) is 0 Å². The lowest BCUT2D eigenvalue weighted by Crippen LogP contribution is -2.46. The predicted molar refractivity (Wildman–Crippen MR) is 87.3 cm³/mol. The molecule has 1 rings (SSSR count). The van der Waals surface area contributed by atoms with Crippen molar-refractivity contribution in [3.05, 3.63) is 24.5 Å². The largest absolute Gasteiger partial charge is 0.464 e. The number of alkyl carbamates (subject to hydrolysis) is 1. The Bertz CT molecular complexity index is 569. The first kappa shape index (κ1) is 19.4. The SMILES string of the molecule is CCOC(=O)[C@H](CC(=O)Nc1cccnc1)NC(=O)OC(C)(C)C. The lowest BCUT2D eigenvalue weighted by Gasteiger charge is -2.22. The molecular weight excluding hydrogens is 314 g/mol. The fraction of sp³-hybridized carbons (Fsp3) is 0.500. The quantitative estimate of drug-likeness (QED) is 0.768. The van der Waals surface area contributed by atoms with Gasteiger partial charge in [0.25, 0.3) is 0 Å². The topological polar surface area (TPSA) is 107 Å². The van der Waals surface area contributed by atoms with Crippen LogP contribution in [-0.4, -0.2) is 41.2 Å². The Labute approximate surface area is 140 Å². The second-order valence-electron chi connectivity index (χ2n) is 5.94. The monoisotopic (exact) mass is 337 g/mol. The van der Waals surface area contributed by atoms with E-state index in [4.69, 9.17) is 9.47 Å². The van der Waals surface area contributed by atoms with Crippen molar-refractivity contribution in [1.29, 1.82) is 0 Å². The van der Waals surface area contributed by atoms with Crippen molar-refractivity contribution in [2.24, 2.45) is 0 Å². The van der Waals surface area contributed by atoms with Crippen LogP contribution in [0.15, 0.2) is 24.5 Å². The van der Waals surface area contributed by atoms with Gasteiger partial charge in [0.15, 0.2) is 0 Å². The van der Waals surface area contributed by atoms with Crippen molar-refractivity contribution in [1.82, 2.24) is 10.3 Å². The molecule has 0 spiro atoms. The number of anilines is 1. The summed E-state index contributed by atoms with van der Waals surface area (Å²) in [6, 6.07) is 2.18. The zero-order valence-electron chi connectivity index (χ0n) is 14.3. The van der Waals surface area contributed by atoms with Crippen LogP contribution < -0.4 is 10.6 Å². The molecule has 0 aromatic carbocycles. The fourth-order valence-corrected chi connectivity index (χ4v) is 1.72. The van der Waals surface area contributed by atoms with Crippen LogP contribution >= 0.6 is 0 Å². The molecule has 0 aliphatic rings. The summed E-state index contributed by atoms with van der Waals surface area (Å²) in [6.07, 6.45) is 1.96. The third-order valence-electron chi connectivity index (χ3n) is 2.60. The van der Waals surface area contributed by atoms with Gasteiger partial charge in [0.05, 0.1) is 24.9 Å². The number of nitrogens with zero attached hydrogens (tertiary/aromatic N) is 1. The molecule has 8 heteroatoms. The molecule has 0 aliphatic carbocycles. The van der Waals surface area contributed by atoms with E-state index >= 15 is 0 Å². The Kier molecular flexibility index (Phi) is 7.16. The lowest BCUT2D eigenvalue weighted by molar-refractivity contribution is -0.146. The maximum atomic E-state index is 12.1. The van der Waals surface area contributed by atoms with Crippen LogP contribution in [-0.2, 0) is 19.1 Å². The summed E-state index contributed by atoms with van der Waals surface area (Å²) < 4.78 is 9.98. The Balaban J connectivity index is 2.69. The van der Waals surface area contributed by atoms with Crippen molar-refractivity contribution in [2.75, 3.05) is 11.9 Å². The molecular formula is C16H23N3O5. The van der Waals surface area contributed by atoms with E-state index in [-0.39, 0.29) is 13.0 Å². The van der Waals surface area contributed by atoms with E-state index in [0.29, 0.717) is 5.69 Å². The highest BCUT2D eigenvalue weighted by Crippen LogP contribution is 2.09. The lowest BCUT2D eigenvalue weighted by atomic mass is 10.2. The van der Waals surface area contributed by atoms with Gasteiger partial charge in [-0.05, 0) is 39.8 Å². The van der Waals surface area contributed by atoms with Crippen LogP contribution in [0.1, 0.15) is 34.1 Å². The standard InChI is InChI=1S/C16H23N3O5/c1-5-23-14(21)12(19-15(22)24-16(2,3)4)9-13(20)18-11-7-6-8-17-10-11/h6-8,10,12H,5,9H2,1-4H3,(H,18,20)(H,19,22)/t12-/m0/s1. The van der Waals surface area contributed by atoms with Gasteiger partial charge in [0.2, 0.25) is 5.91 Å². The Morgan fingerprint density at radius 1 is 1.29 bits per heavy atom. The summed E-state index contributed by atoms with van der Waals surface area (Å²) in [5, 5.41) is 4.95. The molecule has 2 N–H and O–H groups in total. The molecule has 0 saturated heterocycles. The van der Waals surface area contributed by atoms with Crippen molar-refractivity contribution in [3.8, 4) is 0 Å². The van der Waals surface area contributed by atoms with Gasteiger partial charge in [-0.1, -0.05) is 0 Å². The van der Waals surface area contributed by atoms with Gasteiger partial charge in [0.1, 0.15) is 11.6 Å². The average molecular weight is 337 g/mol. The van der Waals surface area contributed by atoms with E-state index in [1.807, 2.05) is 0 Å². The van der Waals surface area contributed by atoms with Crippen molar-refractivity contribution in [3.63, 3.8) is 0 Å². The summed E-state index contributed by atoms with van der Waals surface area (Å²) in [7, 11) is 0. The highest BCUT2D eigenvalue weighted by molar-refractivity contribution is 5.95. The van der Waals surface area contributed by atoms with Gasteiger partial charge in [-0.3, -0.25) is 9.78 Å². The van der Waals surface area contributed by atoms with Gasteiger partial charge in [-0.25, -0.2) is 9.59 Å². The Morgan fingerprint density at radius 3 is 2.54 bits per heavy atom. The second-order valence-corrected chi connectivity index (χ2v) is 5.94. The fourth-order valence-electron chi connectivity index (χ4n) is 1.72. The van der Waals surface area contributed by atoms with Crippen molar-refractivity contribution in [2.45, 2.75) is 45.8 Å². The van der Waals surface area contributed by atoms with Crippen molar-refractivity contribution >= 4 is 23.7 Å². The molecule has 8 nitrogen and oxygen atoms in total. The third kappa shape index (κ3) is 7.57. The number of carbonyl (C=O) groups is 3. The number of rotatable bonds is 6. The van der Waals surface area contributed by atoms with E-state index in [9.17, 15) is 14.4 Å². The summed E-state index contributed by atoms with van der Waals surface area (Å²) in [5.74, 6) is -1.16. The Hall–Kier alpha value is -2.64. The van der Waals surface area contributed by atoms with Gasteiger partial charge in [-0.2, -0.15) is 0 Å². The molecule has 0 aliphatic heterocycles. The maximum absolute atomic E-state index is 12.1. The summed E-state index contributed by atoms with van der Waals surface area (Å²) in [6.45, 7) is 6.86. The molecule has 1 aromatic rings. The maximum Gasteiger partial charge on any atom is 0.408 e. The number of esters is 1. The average Bonchev–Trinajstić information content (AvgIpc) is 2.45. The summed E-state index contributed by atoms with van der Waals surface area (Å²) >= 11 is 0. The number of pyridine rings is 1. The number of nitrogens with one attached hydrogen (secondary N) is 2. The first-order valence-corrected chi connectivity index (χ1v) is 7.57. The van der Waals surface area contributed by atoms with Crippen LogP contribution in [0.4, 0.5) is 10.5 Å². The summed E-state index contributed by atoms with van der Waals surface area (Å²) in [5.41, 5.74) is -0.233. The van der Waals surface area contributed by atoms with Crippen LogP contribution in [0.25, 0.3) is 0 Å². The van der Waals surface area contributed by atoms with Crippen LogP contribution in [0, 0.1) is 0 Å². The number of aromatic nitrogens is 1. The molecule has 24 heavy (non-hydrogen) atoms. The number of carbonyl (C=O) groups excluding carboxylic acids is 3. The zero-order valence-corrected chi connectivity index (χ0v) is 14.3. The molecule has 1 atom stereocenters.